The molecule has 0 radical (unpaired) electrons. The molecule has 0 aliphatic carbocycles. The van der Waals surface area contributed by atoms with Crippen molar-refractivity contribution in [2.75, 3.05) is 18.1 Å². The van der Waals surface area contributed by atoms with E-state index in [-0.39, 0.29) is 18.9 Å². The van der Waals surface area contributed by atoms with Crippen LogP contribution in [0.25, 0.3) is 5.57 Å². The fraction of sp³-hybridized carbons (Fsp3) is 0.407. The van der Waals surface area contributed by atoms with Crippen molar-refractivity contribution < 1.29 is 23.9 Å². The number of esters is 1. The molecule has 7 heteroatoms. The van der Waals surface area contributed by atoms with Gasteiger partial charge >= 0.3 is 5.97 Å². The number of rotatable bonds is 9. The molecule has 2 atom stereocenters. The van der Waals surface area contributed by atoms with Crippen LogP contribution in [0.4, 0.5) is 5.69 Å². The Balaban J connectivity index is 1.88. The van der Waals surface area contributed by atoms with E-state index in [4.69, 9.17) is 9.47 Å². The maximum atomic E-state index is 13.7. The molecule has 0 fully saturated rings. The largest absolute Gasteiger partial charge is 0.459 e. The van der Waals surface area contributed by atoms with Gasteiger partial charge in [-0.05, 0) is 46.2 Å². The summed E-state index contributed by atoms with van der Waals surface area (Å²) in [4.78, 5) is 39.4. The van der Waals surface area contributed by atoms with E-state index in [1.807, 2.05) is 61.4 Å². The van der Waals surface area contributed by atoms with Gasteiger partial charge in [0.2, 0.25) is 0 Å². The van der Waals surface area contributed by atoms with Gasteiger partial charge in [0.05, 0.1) is 0 Å². The first-order valence-corrected chi connectivity index (χ1v) is 11.4. The summed E-state index contributed by atoms with van der Waals surface area (Å²) in [5.74, 6) is 1.24. The lowest BCUT2D eigenvalue weighted by Gasteiger charge is -2.31. The van der Waals surface area contributed by atoms with Crippen LogP contribution in [0.1, 0.15) is 52.2 Å². The Bertz CT molecular complexity index is 1090. The summed E-state index contributed by atoms with van der Waals surface area (Å²) >= 11 is 0. The van der Waals surface area contributed by atoms with Gasteiger partial charge in [0, 0.05) is 29.9 Å². The number of fused-ring (bicyclic) bond motifs is 1. The molecule has 1 heterocycles. The number of amides is 1. The van der Waals surface area contributed by atoms with E-state index in [0.717, 1.165) is 11.1 Å². The molecule has 0 saturated carbocycles. The highest BCUT2D eigenvalue weighted by atomic mass is 16.6. The molecule has 2 aromatic rings. The smallest absolute Gasteiger partial charge is 0.326 e. The number of anilines is 1. The Kier molecular flexibility index (Phi) is 7.72. The number of ether oxygens (including phenoxy) is 2. The van der Waals surface area contributed by atoms with Gasteiger partial charge in [0.15, 0.2) is 0 Å². The average Bonchev–Trinajstić information content (AvgIpc) is 2.99. The van der Waals surface area contributed by atoms with Crippen molar-refractivity contribution in [3.05, 3.63) is 65.7 Å². The van der Waals surface area contributed by atoms with Crippen molar-refractivity contribution in [3.63, 3.8) is 0 Å². The third-order valence-electron chi connectivity index (χ3n) is 5.57. The van der Waals surface area contributed by atoms with Crippen LogP contribution in [0.3, 0.4) is 0 Å². The second-order valence-electron chi connectivity index (χ2n) is 9.36. The number of carbonyl (C=O) groups is 2. The van der Waals surface area contributed by atoms with E-state index in [0.29, 0.717) is 17.9 Å². The number of hydrogen-bond acceptors (Lipinski definition) is 6. The van der Waals surface area contributed by atoms with Gasteiger partial charge in [0.1, 0.15) is 29.9 Å². The monoisotopic (exact) mass is 464 g/mol. The van der Waals surface area contributed by atoms with Crippen LogP contribution in [0, 0.1) is 0 Å². The van der Waals surface area contributed by atoms with Crippen molar-refractivity contribution in [1.82, 2.24) is 5.32 Å². The van der Waals surface area contributed by atoms with Crippen LogP contribution in [-0.4, -0.2) is 42.8 Å². The van der Waals surface area contributed by atoms with Gasteiger partial charge < -0.3 is 9.47 Å². The lowest BCUT2D eigenvalue weighted by Crippen LogP contribution is -2.54. The van der Waals surface area contributed by atoms with Gasteiger partial charge in [-0.3, -0.25) is 19.8 Å². The maximum Gasteiger partial charge on any atom is 0.326 e. The highest BCUT2D eigenvalue weighted by Crippen LogP contribution is 2.40. The molecule has 0 spiro atoms. The third-order valence-corrected chi connectivity index (χ3v) is 5.57. The van der Waals surface area contributed by atoms with Crippen molar-refractivity contribution in [1.29, 1.82) is 0 Å². The molecule has 0 saturated heterocycles. The Labute approximate surface area is 200 Å². The van der Waals surface area contributed by atoms with Crippen molar-refractivity contribution in [2.45, 2.75) is 58.4 Å². The molecular formula is C27H32N2O5. The number of para-hydroxylation sites is 1. The zero-order valence-corrected chi connectivity index (χ0v) is 20.4. The topological polar surface area (TPSA) is 84.9 Å². The van der Waals surface area contributed by atoms with Gasteiger partial charge in [-0.15, -0.1) is 0 Å². The van der Waals surface area contributed by atoms with Crippen molar-refractivity contribution in [2.24, 2.45) is 0 Å². The van der Waals surface area contributed by atoms with Crippen molar-refractivity contribution >= 4 is 29.1 Å². The summed E-state index contributed by atoms with van der Waals surface area (Å²) in [5, 5.41) is 3.32. The molecule has 7 nitrogen and oxygen atoms in total. The van der Waals surface area contributed by atoms with E-state index in [1.54, 1.807) is 33.8 Å². The van der Waals surface area contributed by atoms with Gasteiger partial charge in [-0.2, -0.15) is 0 Å². The molecule has 1 aliphatic rings. The molecule has 1 aliphatic heterocycles. The standard InChI is InChI=1S/C27H32N2O5/c1-6-33-23(16-20(18-30)19-12-8-7-9-13-19)28-27(5)21-14-10-11-15-22(21)29(25(27)32)17-24(31)34-26(2,3)4/h7-15,23,28H,6,16-17H2,1-5H3. The summed E-state index contributed by atoms with van der Waals surface area (Å²) < 4.78 is 11.3. The van der Waals surface area contributed by atoms with Gasteiger partial charge in [0.25, 0.3) is 5.91 Å². The molecule has 1 N–H and O–H groups in total. The molecule has 2 unspecified atom stereocenters. The molecule has 2 aromatic carbocycles. The Morgan fingerprint density at radius 1 is 1.12 bits per heavy atom. The first-order valence-electron chi connectivity index (χ1n) is 11.4. The second-order valence-corrected chi connectivity index (χ2v) is 9.36. The predicted molar refractivity (Wildman–Crippen MR) is 131 cm³/mol. The molecule has 0 aromatic heterocycles. The van der Waals surface area contributed by atoms with E-state index in [1.165, 1.54) is 4.90 Å². The highest BCUT2D eigenvalue weighted by Gasteiger charge is 2.49. The average molecular weight is 465 g/mol. The van der Waals surface area contributed by atoms with Crippen LogP contribution in [0.5, 0.6) is 0 Å². The molecule has 3 rings (SSSR count). The fourth-order valence-corrected chi connectivity index (χ4v) is 4.14. The van der Waals surface area contributed by atoms with Gasteiger partial charge in [-0.25, -0.2) is 4.79 Å². The quantitative estimate of drug-likeness (QED) is 0.345. The zero-order chi connectivity index (χ0) is 24.9. The van der Waals surface area contributed by atoms with E-state index in [9.17, 15) is 14.4 Å². The number of hydrogen-bond donors (Lipinski definition) is 1. The summed E-state index contributed by atoms with van der Waals surface area (Å²) in [5.41, 5.74) is 0.736. The predicted octanol–water partition coefficient (Wildman–Crippen LogP) is 3.85. The fourth-order valence-electron chi connectivity index (χ4n) is 4.14. The summed E-state index contributed by atoms with van der Waals surface area (Å²) in [6.07, 6.45) is -0.413. The van der Waals surface area contributed by atoms with E-state index in [2.05, 4.69) is 5.32 Å². The van der Waals surface area contributed by atoms with Crippen molar-refractivity contribution in [3.8, 4) is 0 Å². The summed E-state index contributed by atoms with van der Waals surface area (Å²) in [6.45, 7) is 9.15. The molecule has 1 amide bonds. The Hall–Kier alpha value is -3.25. The lowest BCUT2D eigenvalue weighted by atomic mass is 9.92. The molecular weight excluding hydrogens is 432 g/mol. The van der Waals surface area contributed by atoms with Crippen LogP contribution < -0.4 is 10.2 Å². The maximum absolute atomic E-state index is 13.7. The molecule has 180 valence electrons. The van der Waals surface area contributed by atoms with E-state index >= 15 is 0 Å². The summed E-state index contributed by atoms with van der Waals surface area (Å²) in [7, 11) is 0. The number of carbonyl (C=O) groups excluding carboxylic acids is 3. The second kappa shape index (κ2) is 10.3. The third kappa shape index (κ3) is 5.62. The molecule has 34 heavy (non-hydrogen) atoms. The minimum atomic E-state index is -1.16. The minimum absolute atomic E-state index is 0.201. The van der Waals surface area contributed by atoms with Crippen LogP contribution >= 0.6 is 0 Å². The Morgan fingerprint density at radius 2 is 1.76 bits per heavy atom. The number of nitrogens with one attached hydrogen (secondary N) is 1. The van der Waals surface area contributed by atoms with Crippen LogP contribution in [-0.2, 0) is 29.4 Å². The minimum Gasteiger partial charge on any atom is -0.459 e. The number of benzene rings is 2. The van der Waals surface area contributed by atoms with Gasteiger partial charge in [-0.1, -0.05) is 48.5 Å². The molecule has 0 bridgehead atoms. The van der Waals surface area contributed by atoms with Crippen LogP contribution in [0.15, 0.2) is 54.6 Å². The van der Waals surface area contributed by atoms with Crippen LogP contribution in [0.2, 0.25) is 0 Å². The zero-order valence-electron chi connectivity index (χ0n) is 20.4. The van der Waals surface area contributed by atoms with E-state index < -0.39 is 23.3 Å². The first-order chi connectivity index (χ1) is 16.1. The SMILES string of the molecule is CCOC(CC(=C=O)c1ccccc1)NC1(C)C(=O)N(CC(=O)OC(C)(C)C)c2ccccc21. The summed E-state index contributed by atoms with van der Waals surface area (Å²) in [6, 6.07) is 16.6. The normalized spacial score (nSPS) is 18.3. The first kappa shape index (κ1) is 25.4. The highest BCUT2D eigenvalue weighted by molar-refractivity contribution is 6.09. The number of nitrogens with zero attached hydrogens (tertiary/aromatic N) is 1. The Morgan fingerprint density at radius 3 is 2.38 bits per heavy atom. The lowest BCUT2D eigenvalue weighted by molar-refractivity contribution is -0.153.